The first-order chi connectivity index (χ1) is 10.7. The van der Waals surface area contributed by atoms with Gasteiger partial charge in [-0.25, -0.2) is 0 Å². The molecule has 0 bridgehead atoms. The average molecular weight is 304 g/mol. The number of hydrogen-bond acceptors (Lipinski definition) is 5. The van der Waals surface area contributed by atoms with Crippen LogP contribution in [0.4, 0.5) is 5.69 Å². The van der Waals surface area contributed by atoms with Crippen molar-refractivity contribution in [2.75, 3.05) is 44.6 Å². The van der Waals surface area contributed by atoms with E-state index in [0.29, 0.717) is 12.5 Å². The molecule has 0 spiro atoms. The number of hydrogen-bond donors (Lipinski definition) is 2. The molecular weight excluding hydrogens is 280 g/mol. The standard InChI is InChI=1S/C16H24N4O2/c21-15(13-3-4-13)11-19-6-8-20(9-7-19)12-16(22)18-14-2-1-5-17-10-14/h1-2,5,10,13,15,21H,3-4,6-9,11-12H2,(H,18,22)/t15-/m1/s1. The minimum absolute atomic E-state index is 0.000495. The van der Waals surface area contributed by atoms with Crippen molar-refractivity contribution >= 4 is 11.6 Å². The number of rotatable bonds is 6. The van der Waals surface area contributed by atoms with Crippen LogP contribution in [0.2, 0.25) is 0 Å². The highest BCUT2D eigenvalue weighted by atomic mass is 16.3. The van der Waals surface area contributed by atoms with Gasteiger partial charge in [0.05, 0.1) is 24.5 Å². The Hall–Kier alpha value is -1.50. The van der Waals surface area contributed by atoms with Crippen LogP contribution in [0, 0.1) is 5.92 Å². The lowest BCUT2D eigenvalue weighted by Gasteiger charge is -2.35. The number of β-amino-alcohol motifs (C(OH)–C–C–N with tert-alkyl or cyclic N) is 1. The molecule has 3 rings (SSSR count). The fraction of sp³-hybridized carbons (Fsp3) is 0.625. The Morgan fingerprint density at radius 3 is 2.68 bits per heavy atom. The van der Waals surface area contributed by atoms with Gasteiger partial charge in [-0.2, -0.15) is 0 Å². The fourth-order valence-corrected chi connectivity index (χ4v) is 2.86. The van der Waals surface area contributed by atoms with Crippen molar-refractivity contribution in [3.05, 3.63) is 24.5 Å². The van der Waals surface area contributed by atoms with Crippen molar-refractivity contribution in [3.63, 3.8) is 0 Å². The third-order valence-corrected chi connectivity index (χ3v) is 4.39. The quantitative estimate of drug-likeness (QED) is 0.797. The smallest absolute Gasteiger partial charge is 0.238 e. The highest BCUT2D eigenvalue weighted by Gasteiger charge is 2.31. The number of anilines is 1. The van der Waals surface area contributed by atoms with Gasteiger partial charge in [0.1, 0.15) is 0 Å². The normalized spacial score (nSPS) is 21.5. The first-order valence-corrected chi connectivity index (χ1v) is 8.03. The monoisotopic (exact) mass is 304 g/mol. The number of carbonyl (C=O) groups is 1. The van der Waals surface area contributed by atoms with Crippen molar-refractivity contribution in [2.45, 2.75) is 18.9 Å². The summed E-state index contributed by atoms with van der Waals surface area (Å²) in [6.07, 6.45) is 5.52. The van der Waals surface area contributed by atoms with Crippen LogP contribution in [0.5, 0.6) is 0 Å². The molecule has 6 heteroatoms. The zero-order chi connectivity index (χ0) is 15.4. The summed E-state index contributed by atoms with van der Waals surface area (Å²) in [6, 6.07) is 3.64. The third-order valence-electron chi connectivity index (χ3n) is 4.39. The molecular formula is C16H24N4O2. The second kappa shape index (κ2) is 7.17. The molecule has 2 N–H and O–H groups in total. The van der Waals surface area contributed by atoms with Gasteiger partial charge >= 0.3 is 0 Å². The van der Waals surface area contributed by atoms with Gasteiger partial charge in [-0.15, -0.1) is 0 Å². The first kappa shape index (κ1) is 15.4. The van der Waals surface area contributed by atoms with E-state index in [4.69, 9.17) is 0 Å². The molecule has 2 aliphatic rings. The second-order valence-corrected chi connectivity index (χ2v) is 6.27. The van der Waals surface area contributed by atoms with E-state index in [-0.39, 0.29) is 12.0 Å². The number of nitrogens with one attached hydrogen (secondary N) is 1. The van der Waals surface area contributed by atoms with Crippen LogP contribution < -0.4 is 5.32 Å². The molecule has 22 heavy (non-hydrogen) atoms. The van der Waals surface area contributed by atoms with Crippen molar-refractivity contribution in [1.29, 1.82) is 0 Å². The van der Waals surface area contributed by atoms with Gasteiger partial charge in [-0.1, -0.05) is 0 Å². The lowest BCUT2D eigenvalue weighted by Crippen LogP contribution is -2.50. The Kier molecular flexibility index (Phi) is 5.02. The van der Waals surface area contributed by atoms with Crippen LogP contribution in [-0.2, 0) is 4.79 Å². The summed E-state index contributed by atoms with van der Waals surface area (Å²) >= 11 is 0. The number of carbonyl (C=O) groups excluding carboxylic acids is 1. The number of amides is 1. The van der Waals surface area contributed by atoms with E-state index in [0.717, 1.165) is 38.4 Å². The topological polar surface area (TPSA) is 68.7 Å². The van der Waals surface area contributed by atoms with Gasteiger partial charge < -0.3 is 10.4 Å². The molecule has 1 aliphatic heterocycles. The summed E-state index contributed by atoms with van der Waals surface area (Å²) in [5.74, 6) is 0.530. The van der Waals surface area contributed by atoms with E-state index in [1.165, 1.54) is 12.8 Å². The van der Waals surface area contributed by atoms with Gasteiger partial charge in [0.25, 0.3) is 0 Å². The van der Waals surface area contributed by atoms with Gasteiger partial charge in [-0.3, -0.25) is 19.6 Å². The van der Waals surface area contributed by atoms with E-state index in [2.05, 4.69) is 20.1 Å². The Morgan fingerprint density at radius 2 is 2.05 bits per heavy atom. The summed E-state index contributed by atoms with van der Waals surface area (Å²) in [5.41, 5.74) is 0.735. The fourth-order valence-electron chi connectivity index (χ4n) is 2.86. The predicted molar refractivity (Wildman–Crippen MR) is 84.5 cm³/mol. The second-order valence-electron chi connectivity index (χ2n) is 6.27. The molecule has 2 fully saturated rings. The largest absolute Gasteiger partial charge is 0.392 e. The molecule has 1 aromatic heterocycles. The number of nitrogens with zero attached hydrogens (tertiary/aromatic N) is 3. The first-order valence-electron chi connectivity index (χ1n) is 8.03. The molecule has 120 valence electrons. The van der Waals surface area contributed by atoms with Crippen LogP contribution in [0.1, 0.15) is 12.8 Å². The molecule has 0 aromatic carbocycles. The average Bonchev–Trinajstić information content (AvgIpc) is 3.35. The number of pyridine rings is 1. The van der Waals surface area contributed by atoms with Crippen LogP contribution >= 0.6 is 0 Å². The molecule has 1 aliphatic carbocycles. The molecule has 1 aromatic rings. The lowest BCUT2D eigenvalue weighted by atomic mass is 10.2. The Morgan fingerprint density at radius 1 is 1.32 bits per heavy atom. The Balaban J connectivity index is 1.37. The summed E-state index contributed by atoms with van der Waals surface area (Å²) < 4.78 is 0. The number of aliphatic hydroxyl groups excluding tert-OH is 1. The summed E-state index contributed by atoms with van der Waals surface area (Å²) in [5, 5.41) is 12.9. The van der Waals surface area contributed by atoms with Gasteiger partial charge in [0.15, 0.2) is 0 Å². The van der Waals surface area contributed by atoms with Crippen LogP contribution in [0.3, 0.4) is 0 Å². The van der Waals surface area contributed by atoms with Crippen molar-refractivity contribution in [3.8, 4) is 0 Å². The maximum Gasteiger partial charge on any atom is 0.238 e. The highest BCUT2D eigenvalue weighted by molar-refractivity contribution is 5.92. The van der Waals surface area contributed by atoms with Crippen LogP contribution in [0.25, 0.3) is 0 Å². The molecule has 1 saturated carbocycles. The summed E-state index contributed by atoms with van der Waals surface area (Å²) in [7, 11) is 0. The maximum atomic E-state index is 12.0. The predicted octanol–water partition coefficient (Wildman–Crippen LogP) is 0.409. The van der Waals surface area contributed by atoms with E-state index >= 15 is 0 Å². The third kappa shape index (κ3) is 4.50. The summed E-state index contributed by atoms with van der Waals surface area (Å²) in [4.78, 5) is 20.4. The molecule has 1 amide bonds. The lowest BCUT2D eigenvalue weighted by molar-refractivity contribution is -0.117. The van der Waals surface area contributed by atoms with Gasteiger partial charge in [0.2, 0.25) is 5.91 Å². The molecule has 0 radical (unpaired) electrons. The van der Waals surface area contributed by atoms with Gasteiger partial charge in [0, 0.05) is 38.9 Å². The number of aromatic nitrogens is 1. The minimum atomic E-state index is -0.166. The van der Waals surface area contributed by atoms with Crippen LogP contribution in [0.15, 0.2) is 24.5 Å². The number of piperazine rings is 1. The minimum Gasteiger partial charge on any atom is -0.392 e. The molecule has 2 heterocycles. The van der Waals surface area contributed by atoms with E-state index < -0.39 is 0 Å². The molecule has 1 saturated heterocycles. The SMILES string of the molecule is O=C(CN1CCN(C[C@@H](O)C2CC2)CC1)Nc1cccnc1. The zero-order valence-corrected chi connectivity index (χ0v) is 12.8. The maximum absolute atomic E-state index is 12.0. The van der Waals surface area contributed by atoms with Gasteiger partial charge in [-0.05, 0) is 30.9 Å². The highest BCUT2D eigenvalue weighted by Crippen LogP contribution is 2.32. The van der Waals surface area contributed by atoms with E-state index in [1.807, 2.05) is 6.07 Å². The summed E-state index contributed by atoms with van der Waals surface area (Å²) in [6.45, 7) is 4.78. The van der Waals surface area contributed by atoms with E-state index in [1.54, 1.807) is 18.5 Å². The van der Waals surface area contributed by atoms with Crippen molar-refractivity contribution in [2.24, 2.45) is 5.92 Å². The molecule has 0 unspecified atom stereocenters. The molecule has 6 nitrogen and oxygen atoms in total. The van der Waals surface area contributed by atoms with Crippen LogP contribution in [-0.4, -0.2) is 71.2 Å². The zero-order valence-electron chi connectivity index (χ0n) is 12.8. The Labute approximate surface area is 131 Å². The number of aliphatic hydroxyl groups is 1. The van der Waals surface area contributed by atoms with Crippen molar-refractivity contribution < 1.29 is 9.90 Å². The molecule has 1 atom stereocenters. The van der Waals surface area contributed by atoms with Crippen molar-refractivity contribution in [1.82, 2.24) is 14.8 Å². The van der Waals surface area contributed by atoms with E-state index in [9.17, 15) is 9.90 Å². The Bertz CT molecular complexity index is 484.